The summed E-state index contributed by atoms with van der Waals surface area (Å²) >= 11 is 0. The Labute approximate surface area is 699 Å². The first-order chi connectivity index (χ1) is 49.8. The molecule has 15 rings (SSSR count). The Balaban J connectivity index is 0.000000214. The first-order valence-electron chi connectivity index (χ1n) is 34.7. The van der Waals surface area contributed by atoms with Crippen molar-refractivity contribution in [2.24, 2.45) is 0 Å². The predicted octanol–water partition coefficient (Wildman–Crippen LogP) is 20.1. The van der Waals surface area contributed by atoms with E-state index >= 15 is 0 Å². The summed E-state index contributed by atoms with van der Waals surface area (Å²) in [6.07, 6.45) is 3.05. The van der Waals surface area contributed by atoms with Crippen LogP contribution in [0.3, 0.4) is 0 Å². The summed E-state index contributed by atoms with van der Waals surface area (Å²) in [5, 5.41) is 32.2. The molecule has 0 aliphatic heterocycles. The SMILES string of the molecule is CCc1c(C)c(C)nn1-c1[c-]cccc1.CCc1c(C)nn(-c2[c-]cccc2)c1CC.Cc1nn(-c2[c-]cccc2)c(-c2ccccc2)c1-c1ccccc1.Cc1nn(-c2[c-]cccc2)c(C)c1C#N.Cc1nn(-c2[c-]cccc2)c(C)c1C(c1ccccc1)(c1ccccc1)c1ccccc1.[Ir].[Ir].[Ir].[Ir].[Ir]. The molecule has 5 heterocycles. The monoisotopic (exact) mass is 2300 g/mol. The molecule has 16 heteroatoms. The van der Waals surface area contributed by atoms with Crippen molar-refractivity contribution in [1.82, 2.24) is 48.9 Å². The van der Waals surface area contributed by atoms with E-state index < -0.39 is 5.41 Å². The Bertz CT molecular complexity index is 5040. The second kappa shape index (κ2) is 41.9. The molecule has 0 atom stereocenters. The van der Waals surface area contributed by atoms with Crippen LogP contribution in [-0.4, -0.2) is 48.9 Å². The van der Waals surface area contributed by atoms with Crippen LogP contribution < -0.4 is 0 Å². The van der Waals surface area contributed by atoms with Crippen LogP contribution in [0.4, 0.5) is 0 Å². The fourth-order valence-electron chi connectivity index (χ4n) is 13.4. The molecule has 0 saturated heterocycles. The summed E-state index contributed by atoms with van der Waals surface area (Å²) < 4.78 is 9.77. The number of nitrogens with zero attached hydrogens (tertiary/aromatic N) is 11. The van der Waals surface area contributed by atoms with Gasteiger partial charge in [-0.1, -0.05) is 172 Å². The minimum atomic E-state index is -0.495. The molecule has 0 unspecified atom stereocenters. The Morgan fingerprint density at radius 2 is 0.654 bits per heavy atom. The van der Waals surface area contributed by atoms with E-state index in [1.807, 2.05) is 167 Å². The van der Waals surface area contributed by atoms with E-state index in [0.29, 0.717) is 5.56 Å². The van der Waals surface area contributed by atoms with E-state index in [2.05, 4.69) is 253 Å². The summed E-state index contributed by atoms with van der Waals surface area (Å²) in [6, 6.07) is 111. The molecule has 15 aromatic rings. The van der Waals surface area contributed by atoms with E-state index in [-0.39, 0.29) is 101 Å². The zero-order chi connectivity index (χ0) is 71.5. The fraction of sp³-hybridized carbons (Fsp3) is 0.165. The molecule has 10 aromatic carbocycles. The Hall–Kier alpha value is -9.01. The summed E-state index contributed by atoms with van der Waals surface area (Å²) in [5.41, 5.74) is 26.6. The number of benzene rings is 10. The van der Waals surface area contributed by atoms with Gasteiger partial charge in [0.15, 0.2) is 0 Å². The Morgan fingerprint density at radius 1 is 0.327 bits per heavy atom. The van der Waals surface area contributed by atoms with Crippen LogP contribution in [0.15, 0.2) is 273 Å². The van der Waals surface area contributed by atoms with Gasteiger partial charge < -0.3 is 0 Å². The fourth-order valence-corrected chi connectivity index (χ4v) is 13.4. The van der Waals surface area contributed by atoms with E-state index in [0.717, 1.165) is 98.8 Å². The number of aromatic nitrogens is 10. The minimum absolute atomic E-state index is 0. The smallest absolute Gasteiger partial charge is 0.103 e. The van der Waals surface area contributed by atoms with Crippen LogP contribution in [0.25, 0.3) is 50.8 Å². The standard InChI is InChI=1S/C30H25N2.C22H17N2.C14H17N2.C13H15N2.C12H10N3.5Ir/c1-23-29(24(2)32(31-23)28-21-13-6-14-22-28)30(25-15-7-3-8-16-25,26-17-9-4-10-18-26)27-19-11-5-12-20-27;1-17-21(18-11-5-2-6-12-18)22(19-13-7-3-8-14-19)24(23-17)20-15-9-4-10-16-20;1-4-13-11(3)15-16(14(13)5-2)12-9-7-6-8-10-12;1-4-13-10(2)11(3)14-15(13)12-8-6-5-7-9-12;1-9-12(8-13)10(2)15(14-9)11-6-4-3-5-7-11;;;;;/h3-21H,1-2H3;2-15H,1H3;6-9H,4-5H2,1-3H3;5-8H,4H2,1-3H3;3-6H,1-2H3;;;;;/q5*-1;;;;;. The van der Waals surface area contributed by atoms with Gasteiger partial charge in [-0.05, 0) is 136 Å². The molecule has 0 fully saturated rings. The topological polar surface area (TPSA) is 113 Å². The molecule has 107 heavy (non-hydrogen) atoms. The van der Waals surface area contributed by atoms with Gasteiger partial charge in [-0.2, -0.15) is 152 Å². The van der Waals surface area contributed by atoms with Gasteiger partial charge in [0.1, 0.15) is 6.07 Å². The van der Waals surface area contributed by atoms with E-state index in [4.69, 9.17) is 15.5 Å². The zero-order valence-corrected chi connectivity index (χ0v) is 73.7. The van der Waals surface area contributed by atoms with E-state index in [9.17, 15) is 0 Å². The van der Waals surface area contributed by atoms with Crippen LogP contribution in [0, 0.1) is 97.1 Å². The second-order valence-corrected chi connectivity index (χ2v) is 24.6. The molecular weight excluding hydrogens is 2210 g/mol. The molecule has 5 aromatic heterocycles. The molecule has 0 saturated carbocycles. The summed E-state index contributed by atoms with van der Waals surface area (Å²) in [4.78, 5) is 0. The van der Waals surface area contributed by atoms with Crippen molar-refractivity contribution in [3.05, 3.63) is 394 Å². The van der Waals surface area contributed by atoms with Crippen LogP contribution >= 0.6 is 0 Å². The van der Waals surface area contributed by atoms with Crippen molar-refractivity contribution in [3.63, 3.8) is 0 Å². The molecule has 0 N–H and O–H groups in total. The largest absolute Gasteiger partial charge is 0.262 e. The molecular formula is C91H84Ir5N11-5. The van der Waals surface area contributed by atoms with Gasteiger partial charge in [-0.25, -0.2) is 0 Å². The Kier molecular flexibility index (Phi) is 34.1. The number of nitriles is 1. The average molecular weight is 2290 g/mol. The number of hydrogen-bond acceptors (Lipinski definition) is 6. The molecule has 0 spiro atoms. The minimum Gasteiger partial charge on any atom is -0.262 e. The van der Waals surface area contributed by atoms with Crippen molar-refractivity contribution in [2.75, 3.05) is 0 Å². The summed E-state index contributed by atoms with van der Waals surface area (Å²) in [5.74, 6) is 0. The van der Waals surface area contributed by atoms with E-state index in [1.54, 1.807) is 4.68 Å². The van der Waals surface area contributed by atoms with Crippen molar-refractivity contribution >= 4 is 0 Å². The van der Waals surface area contributed by atoms with Crippen LogP contribution in [0.5, 0.6) is 0 Å². The molecule has 0 amide bonds. The molecule has 11 nitrogen and oxygen atoms in total. The van der Waals surface area contributed by atoms with Crippen molar-refractivity contribution in [1.29, 1.82) is 5.26 Å². The third-order valence-electron chi connectivity index (χ3n) is 18.3. The van der Waals surface area contributed by atoms with Gasteiger partial charge in [-0.15, -0.1) is 30.3 Å². The van der Waals surface area contributed by atoms with Gasteiger partial charge in [0.25, 0.3) is 0 Å². The van der Waals surface area contributed by atoms with Gasteiger partial charge in [0.05, 0.1) is 50.8 Å². The normalized spacial score (nSPS) is 10.3. The van der Waals surface area contributed by atoms with Crippen LogP contribution in [0.2, 0.25) is 0 Å². The second-order valence-electron chi connectivity index (χ2n) is 24.6. The third-order valence-corrected chi connectivity index (χ3v) is 18.3. The summed E-state index contributed by atoms with van der Waals surface area (Å²) in [6.45, 7) is 22.8. The molecule has 0 bridgehead atoms. The van der Waals surface area contributed by atoms with Crippen molar-refractivity contribution in [2.45, 2.75) is 101 Å². The van der Waals surface area contributed by atoms with Gasteiger partial charge >= 0.3 is 0 Å². The van der Waals surface area contributed by atoms with Crippen molar-refractivity contribution < 1.29 is 101 Å². The summed E-state index contributed by atoms with van der Waals surface area (Å²) in [7, 11) is 0. The first kappa shape index (κ1) is 86.9. The van der Waals surface area contributed by atoms with Gasteiger partial charge in [-0.3, -0.25) is 23.4 Å². The van der Waals surface area contributed by atoms with Gasteiger partial charge in [0.2, 0.25) is 0 Å². The maximum absolute atomic E-state index is 8.95. The molecule has 0 aliphatic rings. The Morgan fingerprint density at radius 3 is 1.03 bits per heavy atom. The van der Waals surface area contributed by atoms with Crippen LogP contribution in [0.1, 0.15) is 111 Å². The number of para-hydroxylation sites is 5. The number of rotatable bonds is 14. The molecule has 553 valence electrons. The quantitative estimate of drug-likeness (QED) is 0.0792. The zero-order valence-electron chi connectivity index (χ0n) is 61.7. The van der Waals surface area contributed by atoms with Crippen molar-refractivity contribution in [3.8, 4) is 56.9 Å². The average Bonchev–Trinajstić information content (AvgIpc) is 1.68. The maximum Gasteiger partial charge on any atom is 0.103 e. The molecule has 0 aliphatic carbocycles. The molecule has 5 radical (unpaired) electrons. The van der Waals surface area contributed by atoms with Crippen LogP contribution in [-0.2, 0) is 125 Å². The first-order valence-corrected chi connectivity index (χ1v) is 34.7. The van der Waals surface area contributed by atoms with Gasteiger partial charge in [0, 0.05) is 134 Å². The third kappa shape index (κ3) is 19.7. The number of aryl methyl sites for hydroxylation is 5. The number of hydrogen-bond donors (Lipinski definition) is 0. The predicted molar refractivity (Wildman–Crippen MR) is 412 cm³/mol. The van der Waals surface area contributed by atoms with E-state index in [1.165, 1.54) is 55.9 Å². The maximum atomic E-state index is 8.95.